The number of hydrogen-bond donors (Lipinski definition) is 2. The minimum Gasteiger partial charge on any atom is -0.493 e. The molecule has 0 fully saturated rings. The second kappa shape index (κ2) is 10.7. The van der Waals surface area contributed by atoms with Gasteiger partial charge in [-0.15, -0.1) is 0 Å². The van der Waals surface area contributed by atoms with Gasteiger partial charge in [0.2, 0.25) is 0 Å². The van der Waals surface area contributed by atoms with Gasteiger partial charge in [-0.2, -0.15) is 0 Å². The van der Waals surface area contributed by atoms with Crippen LogP contribution in [0.25, 0.3) is 10.9 Å². The third-order valence-corrected chi connectivity index (χ3v) is 5.63. The van der Waals surface area contributed by atoms with Crippen LogP contribution in [0.4, 0.5) is 10.1 Å². The molecule has 1 heterocycles. The zero-order valence-electron chi connectivity index (χ0n) is 18.6. The highest BCUT2D eigenvalue weighted by molar-refractivity contribution is 9.10. The summed E-state index contributed by atoms with van der Waals surface area (Å²) in [5.41, 5.74) is 1.12. The van der Waals surface area contributed by atoms with Crippen LogP contribution < -0.4 is 24.8 Å². The molecule has 2 N–H and O–H groups in total. The van der Waals surface area contributed by atoms with Crippen molar-refractivity contribution in [3.63, 3.8) is 0 Å². The molecule has 7 nitrogen and oxygen atoms in total. The van der Waals surface area contributed by atoms with Crippen molar-refractivity contribution in [1.82, 2.24) is 10.3 Å². The van der Waals surface area contributed by atoms with E-state index in [0.717, 1.165) is 4.47 Å². The number of fused-ring (bicyclic) bond motifs is 1. The molecule has 35 heavy (non-hydrogen) atoms. The summed E-state index contributed by atoms with van der Waals surface area (Å²) in [5.74, 6) is 0.753. The number of anilines is 1. The van der Waals surface area contributed by atoms with E-state index in [1.54, 1.807) is 61.8 Å². The Balaban J connectivity index is 1.49. The highest BCUT2D eigenvalue weighted by Gasteiger charge is 2.14. The molecule has 0 radical (unpaired) electrons. The first-order valence-corrected chi connectivity index (χ1v) is 11.4. The van der Waals surface area contributed by atoms with Crippen LogP contribution in [0.1, 0.15) is 10.4 Å². The van der Waals surface area contributed by atoms with Gasteiger partial charge < -0.3 is 19.5 Å². The molecule has 0 aliphatic carbocycles. The Labute approximate surface area is 214 Å². The monoisotopic (exact) mass is 555 g/mol. The number of ether oxygens (including phenoxy) is 3. The smallest absolute Gasteiger partial charge is 0.257 e. The third-order valence-electron chi connectivity index (χ3n) is 4.94. The third kappa shape index (κ3) is 5.67. The van der Waals surface area contributed by atoms with Crippen molar-refractivity contribution in [2.24, 2.45) is 0 Å². The molecule has 0 aliphatic rings. The van der Waals surface area contributed by atoms with E-state index in [1.165, 1.54) is 19.2 Å². The fraction of sp³-hybridized carbons (Fsp3) is 0.0800. The van der Waals surface area contributed by atoms with E-state index >= 15 is 0 Å². The molecule has 0 saturated carbocycles. The number of halogens is 2. The van der Waals surface area contributed by atoms with Crippen LogP contribution >= 0.6 is 28.1 Å². The number of amides is 1. The lowest BCUT2D eigenvalue weighted by Gasteiger charge is -2.14. The first-order valence-electron chi connectivity index (χ1n) is 10.2. The molecule has 0 unspecified atom stereocenters. The molecule has 10 heteroatoms. The van der Waals surface area contributed by atoms with Crippen LogP contribution in [-0.4, -0.2) is 30.2 Å². The van der Waals surface area contributed by atoms with Gasteiger partial charge in [0.15, 0.2) is 16.6 Å². The van der Waals surface area contributed by atoms with Gasteiger partial charge in [0, 0.05) is 33.8 Å². The predicted octanol–water partition coefficient (Wildman–Crippen LogP) is 6.07. The number of thiocarbonyl (C=S) groups is 1. The van der Waals surface area contributed by atoms with Gasteiger partial charge >= 0.3 is 0 Å². The summed E-state index contributed by atoms with van der Waals surface area (Å²) in [6, 6.07) is 16.2. The van der Waals surface area contributed by atoms with Crippen LogP contribution in [0.2, 0.25) is 0 Å². The topological polar surface area (TPSA) is 81.7 Å². The summed E-state index contributed by atoms with van der Waals surface area (Å²) in [6.45, 7) is 0. The van der Waals surface area contributed by atoms with Gasteiger partial charge in [0.25, 0.3) is 5.91 Å². The van der Waals surface area contributed by atoms with Gasteiger partial charge in [-0.25, -0.2) is 4.39 Å². The Bertz CT molecular complexity index is 1430. The number of nitrogens with zero attached hydrogens (tertiary/aromatic N) is 1. The molecule has 3 aromatic carbocycles. The van der Waals surface area contributed by atoms with Crippen LogP contribution in [0.5, 0.6) is 23.0 Å². The largest absolute Gasteiger partial charge is 0.493 e. The molecule has 0 bridgehead atoms. The van der Waals surface area contributed by atoms with Gasteiger partial charge in [-0.1, -0.05) is 22.0 Å². The summed E-state index contributed by atoms with van der Waals surface area (Å²) >= 11 is 8.47. The maximum atomic E-state index is 14.8. The number of nitrogens with one attached hydrogen (secondary N) is 2. The number of carbonyl (C=O) groups is 1. The second-order valence-electron chi connectivity index (χ2n) is 7.20. The molecule has 4 rings (SSSR count). The Morgan fingerprint density at radius 3 is 2.49 bits per heavy atom. The summed E-state index contributed by atoms with van der Waals surface area (Å²) in [5, 5.41) is 5.85. The first-order chi connectivity index (χ1) is 16.9. The van der Waals surface area contributed by atoms with E-state index in [0.29, 0.717) is 33.7 Å². The summed E-state index contributed by atoms with van der Waals surface area (Å²) in [4.78, 5) is 16.7. The van der Waals surface area contributed by atoms with E-state index in [1.807, 2.05) is 0 Å². The molecule has 0 saturated heterocycles. The molecule has 178 valence electrons. The minimum absolute atomic E-state index is 0.0382. The normalized spacial score (nSPS) is 10.5. The number of rotatable bonds is 6. The number of methoxy groups -OCH3 is 2. The molecule has 0 aliphatic heterocycles. The fourth-order valence-corrected chi connectivity index (χ4v) is 3.88. The van der Waals surface area contributed by atoms with Crippen molar-refractivity contribution in [2.45, 2.75) is 0 Å². The molecule has 1 amide bonds. The van der Waals surface area contributed by atoms with Crippen molar-refractivity contribution in [3.05, 3.63) is 82.7 Å². The van der Waals surface area contributed by atoms with Crippen molar-refractivity contribution >= 4 is 55.8 Å². The second-order valence-corrected chi connectivity index (χ2v) is 8.52. The van der Waals surface area contributed by atoms with Gasteiger partial charge in [-0.3, -0.25) is 15.1 Å². The highest BCUT2D eigenvalue weighted by atomic mass is 79.9. The average molecular weight is 556 g/mol. The molecule has 4 aromatic rings. The Morgan fingerprint density at radius 1 is 1.00 bits per heavy atom. The lowest BCUT2D eigenvalue weighted by atomic mass is 10.2. The molecular formula is C25H19BrFN3O4S. The summed E-state index contributed by atoms with van der Waals surface area (Å²) in [7, 11) is 3.08. The quantitative estimate of drug-likeness (QED) is 0.279. The number of hydrogen-bond acceptors (Lipinski definition) is 6. The van der Waals surface area contributed by atoms with Crippen LogP contribution in [0, 0.1) is 5.82 Å². The molecule has 0 atom stereocenters. The van der Waals surface area contributed by atoms with E-state index in [9.17, 15) is 9.18 Å². The van der Waals surface area contributed by atoms with E-state index in [2.05, 4.69) is 31.5 Å². The standard InChI is InChI=1S/C25H19BrFN3O4S/c1-32-22-12-17-20(13-23(22)33-2)28-9-8-21(17)34-16-6-7-19(18(27)11-16)29-25(35)30-24(31)14-4-3-5-15(26)10-14/h3-13H,1-2H3,(H2,29,30,31,35). The maximum absolute atomic E-state index is 14.8. The van der Waals surface area contributed by atoms with E-state index in [4.69, 9.17) is 26.4 Å². The summed E-state index contributed by atoms with van der Waals surface area (Å²) < 4.78 is 32.1. The van der Waals surface area contributed by atoms with Crippen molar-refractivity contribution in [1.29, 1.82) is 0 Å². The van der Waals surface area contributed by atoms with Gasteiger partial charge in [0.05, 0.1) is 25.4 Å². The Morgan fingerprint density at radius 2 is 1.77 bits per heavy atom. The minimum atomic E-state index is -0.612. The first kappa shape index (κ1) is 24.4. The number of carbonyl (C=O) groups excluding carboxylic acids is 1. The number of benzene rings is 3. The molecule has 1 aromatic heterocycles. The van der Waals surface area contributed by atoms with E-state index in [-0.39, 0.29) is 16.5 Å². The molecule has 0 spiro atoms. The zero-order chi connectivity index (χ0) is 24.9. The number of aromatic nitrogens is 1. The maximum Gasteiger partial charge on any atom is 0.257 e. The highest BCUT2D eigenvalue weighted by Crippen LogP contribution is 2.37. The van der Waals surface area contributed by atoms with Crippen LogP contribution in [0.15, 0.2) is 71.3 Å². The summed E-state index contributed by atoms with van der Waals surface area (Å²) in [6.07, 6.45) is 1.59. The zero-order valence-corrected chi connectivity index (χ0v) is 21.0. The average Bonchev–Trinajstić information content (AvgIpc) is 2.85. The Kier molecular flexibility index (Phi) is 7.42. The Hall–Kier alpha value is -3.76. The van der Waals surface area contributed by atoms with E-state index < -0.39 is 11.7 Å². The molecular weight excluding hydrogens is 537 g/mol. The predicted molar refractivity (Wildman–Crippen MR) is 139 cm³/mol. The van der Waals surface area contributed by atoms with Crippen molar-refractivity contribution in [3.8, 4) is 23.0 Å². The van der Waals surface area contributed by atoms with Crippen LogP contribution in [-0.2, 0) is 0 Å². The van der Waals surface area contributed by atoms with Crippen molar-refractivity contribution < 1.29 is 23.4 Å². The van der Waals surface area contributed by atoms with Crippen LogP contribution in [0.3, 0.4) is 0 Å². The van der Waals surface area contributed by atoms with Gasteiger partial charge in [0.1, 0.15) is 17.3 Å². The van der Waals surface area contributed by atoms with Crippen molar-refractivity contribution in [2.75, 3.05) is 19.5 Å². The number of pyridine rings is 1. The lowest BCUT2D eigenvalue weighted by molar-refractivity contribution is 0.0977. The lowest BCUT2D eigenvalue weighted by Crippen LogP contribution is -2.34. The van der Waals surface area contributed by atoms with Gasteiger partial charge in [-0.05, 0) is 54.7 Å². The SMILES string of the molecule is COc1cc2nccc(Oc3ccc(NC(=S)NC(=O)c4cccc(Br)c4)c(F)c3)c2cc1OC. The fourth-order valence-electron chi connectivity index (χ4n) is 3.28.